The molecule has 0 radical (unpaired) electrons. The molecule has 0 saturated heterocycles. The lowest BCUT2D eigenvalue weighted by atomic mass is 9.92. The number of rotatable bonds is 5. The molecule has 1 aliphatic rings. The summed E-state index contributed by atoms with van der Waals surface area (Å²) in [5.74, 6) is 0. The molecule has 17 heavy (non-hydrogen) atoms. The van der Waals surface area contributed by atoms with E-state index in [1.807, 2.05) is 19.2 Å². The van der Waals surface area contributed by atoms with Crippen molar-refractivity contribution in [1.82, 2.24) is 5.32 Å². The third-order valence-electron chi connectivity index (χ3n) is 3.73. The van der Waals surface area contributed by atoms with Crippen molar-refractivity contribution in [3.63, 3.8) is 0 Å². The summed E-state index contributed by atoms with van der Waals surface area (Å²) in [6, 6.07) is 8.13. The fraction of sp³-hybridized carbons (Fsp3) is 0.600. The van der Waals surface area contributed by atoms with E-state index in [0.717, 1.165) is 37.8 Å². The molecule has 2 rings (SSSR count). The highest BCUT2D eigenvalue weighted by Gasteiger charge is 2.35. The van der Waals surface area contributed by atoms with Gasteiger partial charge in [0.1, 0.15) is 5.67 Å². The third-order valence-corrected chi connectivity index (χ3v) is 3.73. The maximum absolute atomic E-state index is 14.6. The van der Waals surface area contributed by atoms with Crippen LogP contribution in [0.25, 0.3) is 0 Å². The van der Waals surface area contributed by atoms with Gasteiger partial charge in [-0.1, -0.05) is 24.3 Å². The van der Waals surface area contributed by atoms with Crippen LogP contribution < -0.4 is 5.32 Å². The van der Waals surface area contributed by atoms with Crippen molar-refractivity contribution >= 4 is 0 Å². The molecule has 0 amide bonds. The van der Waals surface area contributed by atoms with Gasteiger partial charge in [0.15, 0.2) is 0 Å². The van der Waals surface area contributed by atoms with Gasteiger partial charge >= 0.3 is 0 Å². The first-order valence-corrected chi connectivity index (χ1v) is 6.67. The average molecular weight is 235 g/mol. The molecule has 1 aromatic carbocycles. The molecule has 0 heterocycles. The molecule has 0 aliphatic heterocycles. The fourth-order valence-electron chi connectivity index (χ4n) is 2.70. The summed E-state index contributed by atoms with van der Waals surface area (Å²) in [4.78, 5) is 0. The van der Waals surface area contributed by atoms with Gasteiger partial charge in [0.05, 0.1) is 0 Å². The molecule has 0 atom stereocenters. The van der Waals surface area contributed by atoms with Gasteiger partial charge in [-0.25, -0.2) is 4.39 Å². The van der Waals surface area contributed by atoms with E-state index < -0.39 is 5.67 Å². The molecular weight excluding hydrogens is 213 g/mol. The largest absolute Gasteiger partial charge is 0.320 e. The summed E-state index contributed by atoms with van der Waals surface area (Å²) >= 11 is 0. The van der Waals surface area contributed by atoms with E-state index in [4.69, 9.17) is 0 Å². The minimum absolute atomic E-state index is 0.701. The second-order valence-corrected chi connectivity index (χ2v) is 5.08. The van der Waals surface area contributed by atoms with Crippen LogP contribution in [0.3, 0.4) is 0 Å². The number of nitrogens with one attached hydrogen (secondary N) is 1. The second kappa shape index (κ2) is 5.63. The standard InChI is InChI=1S/C15H22FN/c1-17-11-5-7-13-6-4-8-14(12-13)15(16)9-2-3-10-15/h4,6,8,12,17H,2-3,5,7,9-11H2,1H3. The zero-order valence-electron chi connectivity index (χ0n) is 10.6. The summed E-state index contributed by atoms with van der Waals surface area (Å²) in [5.41, 5.74) is 1.12. The first kappa shape index (κ1) is 12.6. The van der Waals surface area contributed by atoms with Gasteiger partial charge in [-0.05, 0) is 63.2 Å². The van der Waals surface area contributed by atoms with Gasteiger partial charge < -0.3 is 5.32 Å². The SMILES string of the molecule is CNCCCc1cccc(C2(F)CCCC2)c1. The summed E-state index contributed by atoms with van der Waals surface area (Å²) in [6.45, 7) is 1.02. The van der Waals surface area contributed by atoms with Crippen molar-refractivity contribution in [3.8, 4) is 0 Å². The van der Waals surface area contributed by atoms with Crippen molar-refractivity contribution in [2.45, 2.75) is 44.2 Å². The summed E-state index contributed by atoms with van der Waals surface area (Å²) in [7, 11) is 1.96. The number of alkyl halides is 1. The number of hydrogen-bond donors (Lipinski definition) is 1. The highest BCUT2D eigenvalue weighted by atomic mass is 19.1. The minimum atomic E-state index is -1.04. The fourth-order valence-corrected chi connectivity index (χ4v) is 2.70. The predicted octanol–water partition coefficient (Wildman–Crippen LogP) is 3.58. The molecular formula is C15H22FN. The number of aryl methyl sites for hydroxylation is 1. The van der Waals surface area contributed by atoms with Gasteiger partial charge in [0, 0.05) is 0 Å². The molecule has 1 aromatic rings. The lowest BCUT2D eigenvalue weighted by Gasteiger charge is -2.20. The van der Waals surface area contributed by atoms with Crippen LogP contribution in [0.15, 0.2) is 24.3 Å². The molecule has 1 saturated carbocycles. The quantitative estimate of drug-likeness (QED) is 0.769. The zero-order valence-corrected chi connectivity index (χ0v) is 10.6. The van der Waals surface area contributed by atoms with Crippen molar-refractivity contribution in [2.75, 3.05) is 13.6 Å². The van der Waals surface area contributed by atoms with Crippen LogP contribution in [0, 0.1) is 0 Å². The van der Waals surface area contributed by atoms with Gasteiger partial charge in [-0.15, -0.1) is 0 Å². The van der Waals surface area contributed by atoms with E-state index in [0.29, 0.717) is 12.8 Å². The minimum Gasteiger partial charge on any atom is -0.320 e. The Kier molecular flexibility index (Phi) is 4.16. The number of hydrogen-bond acceptors (Lipinski definition) is 1. The molecule has 0 bridgehead atoms. The van der Waals surface area contributed by atoms with E-state index in [1.165, 1.54) is 5.56 Å². The van der Waals surface area contributed by atoms with Crippen molar-refractivity contribution < 1.29 is 4.39 Å². The van der Waals surface area contributed by atoms with Crippen LogP contribution in [-0.4, -0.2) is 13.6 Å². The van der Waals surface area contributed by atoms with Crippen LogP contribution >= 0.6 is 0 Å². The Hall–Kier alpha value is -0.890. The molecule has 1 aliphatic carbocycles. The van der Waals surface area contributed by atoms with Crippen LogP contribution in [-0.2, 0) is 12.1 Å². The van der Waals surface area contributed by atoms with E-state index in [1.54, 1.807) is 0 Å². The van der Waals surface area contributed by atoms with Crippen LogP contribution in [0.1, 0.15) is 43.2 Å². The van der Waals surface area contributed by atoms with Crippen molar-refractivity contribution in [3.05, 3.63) is 35.4 Å². The Morgan fingerprint density at radius 1 is 1.29 bits per heavy atom. The molecule has 0 spiro atoms. The van der Waals surface area contributed by atoms with Gasteiger partial charge in [-0.2, -0.15) is 0 Å². The number of benzene rings is 1. The first-order chi connectivity index (χ1) is 8.24. The van der Waals surface area contributed by atoms with E-state index in [9.17, 15) is 4.39 Å². The highest BCUT2D eigenvalue weighted by Crippen LogP contribution is 2.42. The first-order valence-electron chi connectivity index (χ1n) is 6.67. The van der Waals surface area contributed by atoms with E-state index in [2.05, 4.69) is 17.4 Å². The number of halogens is 1. The second-order valence-electron chi connectivity index (χ2n) is 5.08. The van der Waals surface area contributed by atoms with Gasteiger partial charge in [0.25, 0.3) is 0 Å². The van der Waals surface area contributed by atoms with Crippen LogP contribution in [0.5, 0.6) is 0 Å². The third kappa shape index (κ3) is 3.06. The van der Waals surface area contributed by atoms with Crippen molar-refractivity contribution in [2.24, 2.45) is 0 Å². The van der Waals surface area contributed by atoms with E-state index in [-0.39, 0.29) is 0 Å². The monoisotopic (exact) mass is 235 g/mol. The molecule has 1 nitrogen and oxygen atoms in total. The maximum Gasteiger partial charge on any atom is 0.136 e. The maximum atomic E-state index is 14.6. The Balaban J connectivity index is 2.05. The summed E-state index contributed by atoms with van der Waals surface area (Å²) < 4.78 is 14.6. The Bertz CT molecular complexity index is 356. The molecule has 1 fully saturated rings. The van der Waals surface area contributed by atoms with Crippen molar-refractivity contribution in [1.29, 1.82) is 0 Å². The topological polar surface area (TPSA) is 12.0 Å². The molecule has 94 valence electrons. The van der Waals surface area contributed by atoms with Gasteiger partial charge in [-0.3, -0.25) is 0 Å². The predicted molar refractivity (Wildman–Crippen MR) is 69.9 cm³/mol. The lowest BCUT2D eigenvalue weighted by molar-refractivity contribution is 0.174. The molecule has 0 unspecified atom stereocenters. The highest BCUT2D eigenvalue weighted by molar-refractivity contribution is 5.29. The zero-order chi connectivity index (χ0) is 12.1. The Labute approximate surface area is 103 Å². The lowest BCUT2D eigenvalue weighted by Crippen LogP contribution is -2.15. The Morgan fingerprint density at radius 3 is 2.76 bits per heavy atom. The Morgan fingerprint density at radius 2 is 2.06 bits per heavy atom. The smallest absolute Gasteiger partial charge is 0.136 e. The average Bonchev–Trinajstić information content (AvgIpc) is 2.78. The molecule has 2 heteroatoms. The van der Waals surface area contributed by atoms with Crippen LogP contribution in [0.4, 0.5) is 4.39 Å². The normalized spacial score (nSPS) is 18.5. The molecule has 0 aromatic heterocycles. The van der Waals surface area contributed by atoms with Crippen LogP contribution in [0.2, 0.25) is 0 Å². The van der Waals surface area contributed by atoms with E-state index >= 15 is 0 Å². The van der Waals surface area contributed by atoms with Gasteiger partial charge in [0.2, 0.25) is 0 Å². The molecule has 1 N–H and O–H groups in total. The summed E-state index contributed by atoms with van der Waals surface area (Å²) in [5, 5.41) is 3.14. The summed E-state index contributed by atoms with van der Waals surface area (Å²) in [6.07, 6.45) is 5.60.